The van der Waals surface area contributed by atoms with Crippen molar-refractivity contribution in [2.75, 3.05) is 7.11 Å². The fraction of sp³-hybridized carbons (Fsp3) is 0.524. The molecule has 0 fully saturated rings. The molecule has 0 aliphatic heterocycles. The van der Waals surface area contributed by atoms with Gasteiger partial charge in [0.25, 0.3) is 0 Å². The summed E-state index contributed by atoms with van der Waals surface area (Å²) < 4.78 is 4.61. The Kier molecular flexibility index (Phi) is 10.5. The number of allylic oxidation sites excluding steroid dienone is 8. The van der Waals surface area contributed by atoms with E-state index in [0.29, 0.717) is 6.42 Å². The second-order valence-electron chi connectivity index (χ2n) is 5.98. The van der Waals surface area contributed by atoms with E-state index in [1.54, 1.807) is 6.08 Å². The molecule has 0 N–H and O–H groups in total. The molecule has 0 saturated carbocycles. The summed E-state index contributed by atoms with van der Waals surface area (Å²) in [6.45, 7) is 2.13. The number of hydrogen-bond acceptors (Lipinski definition) is 3. The van der Waals surface area contributed by atoms with Crippen LogP contribution in [0.25, 0.3) is 0 Å². The van der Waals surface area contributed by atoms with E-state index < -0.39 is 0 Å². The number of ether oxygens (including phenoxy) is 1. The predicted molar refractivity (Wildman–Crippen MR) is 98.6 cm³/mol. The monoisotopic (exact) mass is 330 g/mol. The highest BCUT2D eigenvalue weighted by atomic mass is 16.5. The van der Waals surface area contributed by atoms with Crippen molar-refractivity contribution in [3.05, 3.63) is 48.1 Å². The molecule has 3 nitrogen and oxygen atoms in total. The second-order valence-corrected chi connectivity index (χ2v) is 5.98. The van der Waals surface area contributed by atoms with Crippen LogP contribution in [0.3, 0.4) is 0 Å². The van der Waals surface area contributed by atoms with Gasteiger partial charge in [-0.1, -0.05) is 43.4 Å². The van der Waals surface area contributed by atoms with Gasteiger partial charge in [-0.3, -0.25) is 9.59 Å². The largest absolute Gasteiger partial charge is 0.469 e. The normalized spacial score (nSPS) is 19.2. The lowest BCUT2D eigenvalue weighted by molar-refractivity contribution is -0.140. The zero-order valence-corrected chi connectivity index (χ0v) is 15.0. The maximum Gasteiger partial charge on any atom is 0.305 e. The van der Waals surface area contributed by atoms with Crippen molar-refractivity contribution in [1.29, 1.82) is 0 Å². The summed E-state index contributed by atoms with van der Waals surface area (Å²) >= 11 is 0. The average molecular weight is 330 g/mol. The maximum atomic E-state index is 11.9. The number of carbonyl (C=O) groups is 2. The third-order valence-electron chi connectivity index (χ3n) is 4.04. The summed E-state index contributed by atoms with van der Waals surface area (Å²) in [7, 11) is 1.41. The highest BCUT2D eigenvalue weighted by Gasteiger charge is 2.21. The maximum absolute atomic E-state index is 11.9. The lowest BCUT2D eigenvalue weighted by Crippen LogP contribution is -2.02. The van der Waals surface area contributed by atoms with Crippen LogP contribution < -0.4 is 0 Å². The Morgan fingerprint density at radius 1 is 1.12 bits per heavy atom. The van der Waals surface area contributed by atoms with Crippen LogP contribution in [0, 0.1) is 5.92 Å². The van der Waals surface area contributed by atoms with E-state index >= 15 is 0 Å². The smallest absolute Gasteiger partial charge is 0.305 e. The Bertz CT molecular complexity index is 509. The zero-order valence-electron chi connectivity index (χ0n) is 15.0. The van der Waals surface area contributed by atoms with Gasteiger partial charge in [-0.05, 0) is 51.0 Å². The summed E-state index contributed by atoms with van der Waals surface area (Å²) in [5.41, 5.74) is 0.939. The van der Waals surface area contributed by atoms with E-state index in [0.717, 1.165) is 50.5 Å². The van der Waals surface area contributed by atoms with Gasteiger partial charge in [0.15, 0.2) is 5.78 Å². The van der Waals surface area contributed by atoms with E-state index in [2.05, 4.69) is 42.0 Å². The predicted octanol–water partition coefficient (Wildman–Crippen LogP) is 5.09. The van der Waals surface area contributed by atoms with Crippen LogP contribution in [0.1, 0.15) is 58.3 Å². The molecule has 132 valence electrons. The summed E-state index contributed by atoms with van der Waals surface area (Å²) in [5, 5.41) is 0. The van der Waals surface area contributed by atoms with Crippen LogP contribution in [0.4, 0.5) is 0 Å². The lowest BCUT2D eigenvalue weighted by Gasteiger charge is -2.07. The molecule has 1 aliphatic carbocycles. The van der Waals surface area contributed by atoms with Crippen LogP contribution in [0.15, 0.2) is 48.1 Å². The van der Waals surface area contributed by atoms with E-state index in [-0.39, 0.29) is 17.7 Å². The van der Waals surface area contributed by atoms with Gasteiger partial charge in [0.1, 0.15) is 0 Å². The quantitative estimate of drug-likeness (QED) is 0.229. The molecule has 3 heteroatoms. The summed E-state index contributed by atoms with van der Waals surface area (Å²) in [6, 6.07) is 0. The number of rotatable bonds is 11. The molecule has 0 aromatic rings. The average Bonchev–Trinajstić information content (AvgIpc) is 2.94. The van der Waals surface area contributed by atoms with Gasteiger partial charge in [0.05, 0.1) is 7.11 Å². The molecule has 0 bridgehead atoms. The molecule has 0 spiro atoms. The molecule has 1 rings (SSSR count). The minimum atomic E-state index is -0.160. The van der Waals surface area contributed by atoms with Gasteiger partial charge in [0.2, 0.25) is 0 Å². The van der Waals surface area contributed by atoms with Crippen molar-refractivity contribution >= 4 is 11.8 Å². The second kappa shape index (κ2) is 12.5. The SMILES string of the molecule is CC/C=C\CCC/C=C1/C(=O)C=CC1C/C=C\CCCC(=O)OC. The first-order chi connectivity index (χ1) is 11.7. The number of hydrogen-bond donors (Lipinski definition) is 0. The molecular weight excluding hydrogens is 300 g/mol. The van der Waals surface area contributed by atoms with Crippen LogP contribution >= 0.6 is 0 Å². The third kappa shape index (κ3) is 8.09. The molecular formula is C21H30O3. The number of methoxy groups -OCH3 is 1. The Morgan fingerprint density at radius 3 is 2.62 bits per heavy atom. The Labute approximate surface area is 146 Å². The Balaban J connectivity index is 2.32. The van der Waals surface area contributed by atoms with E-state index in [1.165, 1.54) is 7.11 Å². The number of carbonyl (C=O) groups excluding carboxylic acids is 2. The molecule has 0 aromatic heterocycles. The summed E-state index contributed by atoms with van der Waals surface area (Å²) in [6.07, 6.45) is 21.6. The zero-order chi connectivity index (χ0) is 17.6. The molecule has 1 atom stereocenters. The molecule has 0 heterocycles. The molecule has 0 amide bonds. The van der Waals surface area contributed by atoms with E-state index in [4.69, 9.17) is 0 Å². The lowest BCUT2D eigenvalue weighted by atomic mass is 9.96. The molecule has 0 aromatic carbocycles. The van der Waals surface area contributed by atoms with Gasteiger partial charge in [-0.25, -0.2) is 0 Å². The van der Waals surface area contributed by atoms with E-state index in [9.17, 15) is 9.59 Å². The number of esters is 1. The first-order valence-corrected chi connectivity index (χ1v) is 8.98. The number of ketones is 1. The van der Waals surface area contributed by atoms with Crippen molar-refractivity contribution in [2.24, 2.45) is 5.92 Å². The molecule has 0 radical (unpaired) electrons. The van der Waals surface area contributed by atoms with Crippen LogP contribution in [-0.2, 0) is 14.3 Å². The summed E-state index contributed by atoms with van der Waals surface area (Å²) in [4.78, 5) is 23.0. The Hall–Kier alpha value is -1.90. The standard InChI is InChI=1S/C21H30O3/c1-3-4-5-6-7-11-14-19-18(16-17-20(19)22)13-10-8-9-12-15-21(23)24-2/h4-5,8,10,14,16-18H,3,6-7,9,11-13,15H2,1-2H3/b5-4-,10-8-,19-14+. The highest BCUT2D eigenvalue weighted by Crippen LogP contribution is 2.26. The van der Waals surface area contributed by atoms with Gasteiger partial charge in [0, 0.05) is 17.9 Å². The topological polar surface area (TPSA) is 43.4 Å². The van der Waals surface area contributed by atoms with Crippen molar-refractivity contribution in [3.8, 4) is 0 Å². The number of unbranched alkanes of at least 4 members (excludes halogenated alkanes) is 3. The van der Waals surface area contributed by atoms with Gasteiger partial charge < -0.3 is 4.74 Å². The van der Waals surface area contributed by atoms with Gasteiger partial charge >= 0.3 is 5.97 Å². The van der Waals surface area contributed by atoms with Crippen LogP contribution in [-0.4, -0.2) is 18.9 Å². The minimum Gasteiger partial charge on any atom is -0.469 e. The minimum absolute atomic E-state index is 0.156. The van der Waals surface area contributed by atoms with Crippen molar-refractivity contribution < 1.29 is 14.3 Å². The van der Waals surface area contributed by atoms with Gasteiger partial charge in [-0.15, -0.1) is 0 Å². The molecule has 1 aliphatic rings. The third-order valence-corrected chi connectivity index (χ3v) is 4.04. The highest BCUT2D eigenvalue weighted by molar-refractivity contribution is 6.07. The first-order valence-electron chi connectivity index (χ1n) is 8.98. The fourth-order valence-corrected chi connectivity index (χ4v) is 2.65. The molecule has 24 heavy (non-hydrogen) atoms. The van der Waals surface area contributed by atoms with Crippen molar-refractivity contribution in [1.82, 2.24) is 0 Å². The van der Waals surface area contributed by atoms with Crippen LogP contribution in [0.5, 0.6) is 0 Å². The fourth-order valence-electron chi connectivity index (χ4n) is 2.65. The summed E-state index contributed by atoms with van der Waals surface area (Å²) in [5.74, 6) is 0.204. The Morgan fingerprint density at radius 2 is 1.88 bits per heavy atom. The van der Waals surface area contributed by atoms with E-state index in [1.807, 2.05) is 6.08 Å². The van der Waals surface area contributed by atoms with Crippen LogP contribution in [0.2, 0.25) is 0 Å². The first kappa shape index (κ1) is 20.1. The van der Waals surface area contributed by atoms with Gasteiger partial charge in [-0.2, -0.15) is 0 Å². The van der Waals surface area contributed by atoms with Crippen molar-refractivity contribution in [3.63, 3.8) is 0 Å². The van der Waals surface area contributed by atoms with Crippen molar-refractivity contribution in [2.45, 2.75) is 58.3 Å². The molecule has 0 saturated heterocycles. The molecule has 1 unspecified atom stereocenters.